The Balaban J connectivity index is 1.51. The minimum absolute atomic E-state index is 0.122. The normalized spacial score (nSPS) is 17.3. The van der Waals surface area contributed by atoms with Gasteiger partial charge in [0.2, 0.25) is 5.13 Å². The smallest absolute Gasteiger partial charge is 0.213 e. The van der Waals surface area contributed by atoms with Crippen LogP contribution in [0.2, 0.25) is 0 Å². The highest BCUT2D eigenvalue weighted by molar-refractivity contribution is 7.20. The molecule has 0 bridgehead atoms. The molecule has 0 spiro atoms. The number of aromatic nitrogens is 3. The molecule has 178 valence electrons. The van der Waals surface area contributed by atoms with Crippen LogP contribution in [0.25, 0.3) is 15.3 Å². The Hall–Kier alpha value is -3.45. The molecule has 7 heteroatoms. The number of Topliss-reactive ketones (excluding diaryl/α,β-unsaturated/α-hetero) is 1. The van der Waals surface area contributed by atoms with E-state index in [4.69, 9.17) is 10.1 Å². The van der Waals surface area contributed by atoms with Crippen LogP contribution in [0.5, 0.6) is 0 Å². The maximum Gasteiger partial charge on any atom is 0.213 e. The molecule has 35 heavy (non-hydrogen) atoms. The standard InChI is InChI=1S/C28H29N5OS/c1-4-32(5-2)19-15-13-18(14-16-19)25-24-17(3)31-33(28-30-20-9-6-7-12-23(20)35-28)27(24)29-21-10-8-11-22(34)26(21)25/h6-7,9,12-16,25,29H,4-5,8,10-11H2,1-3H3/t25-/m0/s1. The van der Waals surface area contributed by atoms with Crippen molar-refractivity contribution in [2.24, 2.45) is 0 Å². The van der Waals surface area contributed by atoms with Crippen LogP contribution in [-0.4, -0.2) is 33.6 Å². The predicted octanol–water partition coefficient (Wildman–Crippen LogP) is 6.20. The van der Waals surface area contributed by atoms with Gasteiger partial charge in [0.25, 0.3) is 0 Å². The Kier molecular flexibility index (Phi) is 5.44. The summed E-state index contributed by atoms with van der Waals surface area (Å²) in [6, 6.07) is 16.9. The van der Waals surface area contributed by atoms with Gasteiger partial charge in [0.1, 0.15) is 5.82 Å². The zero-order valence-corrected chi connectivity index (χ0v) is 21.2. The molecular formula is C28H29N5OS. The van der Waals surface area contributed by atoms with Crippen molar-refractivity contribution in [3.63, 3.8) is 0 Å². The molecule has 2 aromatic heterocycles. The molecule has 0 unspecified atom stereocenters. The van der Waals surface area contributed by atoms with Crippen molar-refractivity contribution >= 4 is 38.8 Å². The van der Waals surface area contributed by atoms with Gasteiger partial charge in [0.05, 0.1) is 15.9 Å². The van der Waals surface area contributed by atoms with Crippen molar-refractivity contribution in [2.75, 3.05) is 23.3 Å². The molecule has 0 fully saturated rings. The van der Waals surface area contributed by atoms with Gasteiger partial charge in [-0.05, 0) is 63.4 Å². The first-order valence-electron chi connectivity index (χ1n) is 12.4. The number of allylic oxidation sites excluding steroid dienone is 2. The van der Waals surface area contributed by atoms with Gasteiger partial charge in [-0.15, -0.1) is 0 Å². The lowest BCUT2D eigenvalue weighted by atomic mass is 9.76. The number of rotatable bonds is 5. The number of carbonyl (C=O) groups is 1. The molecule has 1 N–H and O–H groups in total. The summed E-state index contributed by atoms with van der Waals surface area (Å²) in [5.41, 5.74) is 7.27. The van der Waals surface area contributed by atoms with Gasteiger partial charge in [-0.1, -0.05) is 35.6 Å². The van der Waals surface area contributed by atoms with Gasteiger partial charge >= 0.3 is 0 Å². The van der Waals surface area contributed by atoms with E-state index in [1.54, 1.807) is 11.3 Å². The van der Waals surface area contributed by atoms with Crippen molar-refractivity contribution in [1.29, 1.82) is 0 Å². The Morgan fingerprint density at radius 2 is 1.86 bits per heavy atom. The second kappa shape index (κ2) is 8.64. The van der Waals surface area contributed by atoms with E-state index in [0.29, 0.717) is 6.42 Å². The number of fused-ring (bicyclic) bond motifs is 2. The molecule has 6 nitrogen and oxygen atoms in total. The van der Waals surface area contributed by atoms with E-state index in [1.165, 1.54) is 5.69 Å². The number of hydrogen-bond acceptors (Lipinski definition) is 6. The van der Waals surface area contributed by atoms with Crippen LogP contribution in [0.4, 0.5) is 11.5 Å². The summed E-state index contributed by atoms with van der Waals surface area (Å²) in [5, 5.41) is 9.41. The molecule has 0 amide bonds. The van der Waals surface area contributed by atoms with Crippen LogP contribution in [0.1, 0.15) is 55.8 Å². The summed E-state index contributed by atoms with van der Waals surface area (Å²) in [6.45, 7) is 8.33. The molecule has 1 atom stereocenters. The summed E-state index contributed by atoms with van der Waals surface area (Å²) in [4.78, 5) is 20.5. The first-order valence-corrected chi connectivity index (χ1v) is 13.2. The van der Waals surface area contributed by atoms with E-state index in [1.807, 2.05) is 29.8 Å². The average molecular weight is 484 g/mol. The zero-order chi connectivity index (χ0) is 24.1. The fraction of sp³-hybridized carbons (Fsp3) is 0.321. The first-order chi connectivity index (χ1) is 17.1. The first kappa shape index (κ1) is 22.0. The molecule has 0 saturated heterocycles. The molecule has 0 radical (unpaired) electrons. The van der Waals surface area contributed by atoms with Gasteiger partial charge < -0.3 is 10.2 Å². The van der Waals surface area contributed by atoms with E-state index < -0.39 is 0 Å². The lowest BCUT2D eigenvalue weighted by Gasteiger charge is -2.33. The third-order valence-corrected chi connectivity index (χ3v) is 8.24. The highest BCUT2D eigenvalue weighted by Gasteiger charge is 2.39. The van der Waals surface area contributed by atoms with E-state index in [0.717, 1.165) is 75.2 Å². The zero-order valence-electron chi connectivity index (χ0n) is 20.3. The average Bonchev–Trinajstić information content (AvgIpc) is 3.45. The fourth-order valence-electron chi connectivity index (χ4n) is 5.51. The number of aryl methyl sites for hydroxylation is 1. The number of carbonyl (C=O) groups excluding carboxylic acids is 1. The van der Waals surface area contributed by atoms with E-state index >= 15 is 0 Å². The Labute approximate surface area is 209 Å². The van der Waals surface area contributed by atoms with Gasteiger partial charge in [-0.3, -0.25) is 4.79 Å². The second-order valence-corrected chi connectivity index (χ2v) is 10.2. The number of anilines is 2. The van der Waals surface area contributed by atoms with Crippen LogP contribution in [0, 0.1) is 6.92 Å². The largest absolute Gasteiger partial charge is 0.372 e. The minimum atomic E-state index is -0.122. The molecule has 2 aliphatic rings. The molecule has 6 rings (SSSR count). The van der Waals surface area contributed by atoms with Gasteiger partial charge in [-0.2, -0.15) is 9.78 Å². The molecule has 4 aromatic rings. The van der Waals surface area contributed by atoms with Gasteiger partial charge in [-0.25, -0.2) is 4.98 Å². The van der Waals surface area contributed by atoms with Crippen molar-refractivity contribution in [2.45, 2.75) is 46.0 Å². The molecule has 1 aliphatic carbocycles. The molecule has 0 saturated carbocycles. The minimum Gasteiger partial charge on any atom is -0.372 e. The van der Waals surface area contributed by atoms with Gasteiger partial charge in [0.15, 0.2) is 5.78 Å². The summed E-state index contributed by atoms with van der Waals surface area (Å²) in [6.07, 6.45) is 2.36. The summed E-state index contributed by atoms with van der Waals surface area (Å²) in [7, 11) is 0. The fourth-order valence-corrected chi connectivity index (χ4v) is 6.43. The molecule has 2 aromatic carbocycles. The van der Waals surface area contributed by atoms with E-state index in [-0.39, 0.29) is 11.7 Å². The maximum atomic E-state index is 13.3. The monoisotopic (exact) mass is 483 g/mol. The molecule has 3 heterocycles. The summed E-state index contributed by atoms with van der Waals surface area (Å²) in [5.74, 6) is 1.06. The van der Waals surface area contributed by atoms with Crippen LogP contribution in [0.3, 0.4) is 0 Å². The number of thiazole rings is 1. The SMILES string of the molecule is CCN(CC)c1ccc([C@@H]2C3=C(CCCC3=O)Nc3c2c(C)nn3-c2nc3ccccc3s2)cc1. The summed E-state index contributed by atoms with van der Waals surface area (Å²) < 4.78 is 3.08. The number of para-hydroxylation sites is 1. The third kappa shape index (κ3) is 3.57. The highest BCUT2D eigenvalue weighted by Crippen LogP contribution is 2.47. The number of nitrogens with one attached hydrogen (secondary N) is 1. The molecular weight excluding hydrogens is 454 g/mol. The topological polar surface area (TPSA) is 63.1 Å². The van der Waals surface area contributed by atoms with Crippen LogP contribution in [0.15, 0.2) is 59.8 Å². The van der Waals surface area contributed by atoms with Crippen molar-refractivity contribution < 1.29 is 4.79 Å². The van der Waals surface area contributed by atoms with E-state index in [9.17, 15) is 4.79 Å². The number of ketones is 1. The Bertz CT molecular complexity index is 1430. The van der Waals surface area contributed by atoms with E-state index in [2.05, 4.69) is 54.4 Å². The lowest BCUT2D eigenvalue weighted by Crippen LogP contribution is -2.27. The Morgan fingerprint density at radius 1 is 1.09 bits per heavy atom. The maximum absolute atomic E-state index is 13.3. The van der Waals surface area contributed by atoms with Crippen molar-refractivity contribution in [1.82, 2.24) is 14.8 Å². The highest BCUT2D eigenvalue weighted by atomic mass is 32.1. The number of nitrogens with zero attached hydrogens (tertiary/aromatic N) is 4. The Morgan fingerprint density at radius 3 is 2.60 bits per heavy atom. The summed E-state index contributed by atoms with van der Waals surface area (Å²) >= 11 is 1.63. The number of hydrogen-bond donors (Lipinski definition) is 1. The van der Waals surface area contributed by atoms with Crippen LogP contribution < -0.4 is 10.2 Å². The second-order valence-electron chi connectivity index (χ2n) is 9.21. The van der Waals surface area contributed by atoms with Crippen LogP contribution >= 0.6 is 11.3 Å². The molecule has 1 aliphatic heterocycles. The number of benzene rings is 2. The quantitative estimate of drug-likeness (QED) is 0.366. The lowest BCUT2D eigenvalue weighted by molar-refractivity contribution is -0.116. The van der Waals surface area contributed by atoms with Crippen LogP contribution in [-0.2, 0) is 4.79 Å². The van der Waals surface area contributed by atoms with Gasteiger partial charge in [0, 0.05) is 47.9 Å². The predicted molar refractivity (Wildman–Crippen MR) is 143 cm³/mol. The van der Waals surface area contributed by atoms with Crippen molar-refractivity contribution in [3.05, 3.63) is 76.6 Å². The third-order valence-electron chi connectivity index (χ3n) is 7.23. The van der Waals surface area contributed by atoms with Crippen molar-refractivity contribution in [3.8, 4) is 5.13 Å².